The largest absolute Gasteiger partial charge is 0.493 e. The molecule has 0 saturated heterocycles. The highest BCUT2D eigenvalue weighted by Gasteiger charge is 2.12. The lowest BCUT2D eigenvalue weighted by atomic mass is 9.93. The Labute approximate surface area is 122 Å². The summed E-state index contributed by atoms with van der Waals surface area (Å²) in [5.74, 6) is 0.365. The first-order chi connectivity index (χ1) is 9.05. The summed E-state index contributed by atoms with van der Waals surface area (Å²) >= 11 is 0. The SMILES string of the molecule is CC(C)(C)CCOc1cc(F)cc(CNC(C)(C)C)c1. The fourth-order valence-electron chi connectivity index (χ4n) is 1.65. The smallest absolute Gasteiger partial charge is 0.127 e. The molecule has 1 aromatic rings. The molecule has 1 rings (SSSR count). The Balaban J connectivity index is 2.62. The van der Waals surface area contributed by atoms with Crippen LogP contribution in [-0.4, -0.2) is 12.1 Å². The lowest BCUT2D eigenvalue weighted by Gasteiger charge is -2.21. The molecule has 0 saturated carbocycles. The van der Waals surface area contributed by atoms with Crippen LogP contribution in [0, 0.1) is 11.2 Å². The van der Waals surface area contributed by atoms with Crippen LogP contribution >= 0.6 is 0 Å². The summed E-state index contributed by atoms with van der Waals surface area (Å²) in [6.45, 7) is 14.0. The Morgan fingerprint density at radius 1 is 1.05 bits per heavy atom. The Kier molecular flexibility index (Phi) is 5.58. The maximum absolute atomic E-state index is 13.6. The van der Waals surface area contributed by atoms with Crippen molar-refractivity contribution in [2.75, 3.05) is 6.61 Å². The van der Waals surface area contributed by atoms with E-state index in [9.17, 15) is 4.39 Å². The molecule has 0 amide bonds. The summed E-state index contributed by atoms with van der Waals surface area (Å²) in [6, 6.07) is 4.91. The highest BCUT2D eigenvalue weighted by Crippen LogP contribution is 2.21. The number of hydrogen-bond donors (Lipinski definition) is 1. The minimum atomic E-state index is -0.246. The van der Waals surface area contributed by atoms with Crippen LogP contribution in [-0.2, 0) is 6.54 Å². The molecule has 0 atom stereocenters. The molecule has 0 aliphatic heterocycles. The highest BCUT2D eigenvalue weighted by atomic mass is 19.1. The van der Waals surface area contributed by atoms with Gasteiger partial charge in [0.05, 0.1) is 6.61 Å². The van der Waals surface area contributed by atoms with Gasteiger partial charge in [-0.2, -0.15) is 0 Å². The molecule has 0 spiro atoms. The van der Waals surface area contributed by atoms with Crippen molar-refractivity contribution < 1.29 is 9.13 Å². The van der Waals surface area contributed by atoms with Crippen molar-refractivity contribution in [3.05, 3.63) is 29.6 Å². The number of hydrogen-bond acceptors (Lipinski definition) is 2. The lowest BCUT2D eigenvalue weighted by Crippen LogP contribution is -2.35. The summed E-state index contributed by atoms with van der Waals surface area (Å²) in [7, 11) is 0. The van der Waals surface area contributed by atoms with E-state index in [0.29, 0.717) is 18.9 Å². The van der Waals surface area contributed by atoms with Crippen molar-refractivity contribution in [1.29, 1.82) is 0 Å². The first-order valence-electron chi connectivity index (χ1n) is 7.22. The van der Waals surface area contributed by atoms with Gasteiger partial charge in [-0.1, -0.05) is 20.8 Å². The minimum Gasteiger partial charge on any atom is -0.493 e. The Hall–Kier alpha value is -1.09. The molecule has 0 fully saturated rings. The highest BCUT2D eigenvalue weighted by molar-refractivity contribution is 5.29. The second-order valence-corrected chi connectivity index (χ2v) is 7.56. The van der Waals surface area contributed by atoms with Crippen molar-refractivity contribution >= 4 is 0 Å². The van der Waals surface area contributed by atoms with Gasteiger partial charge in [0, 0.05) is 18.2 Å². The monoisotopic (exact) mass is 281 g/mol. The van der Waals surface area contributed by atoms with Crippen LogP contribution in [0.2, 0.25) is 0 Å². The zero-order valence-corrected chi connectivity index (χ0v) is 13.6. The van der Waals surface area contributed by atoms with Gasteiger partial charge in [0.2, 0.25) is 0 Å². The van der Waals surface area contributed by atoms with Crippen LogP contribution < -0.4 is 10.1 Å². The van der Waals surface area contributed by atoms with E-state index in [1.165, 1.54) is 6.07 Å². The molecule has 2 nitrogen and oxygen atoms in total. The van der Waals surface area contributed by atoms with E-state index in [4.69, 9.17) is 4.74 Å². The zero-order valence-electron chi connectivity index (χ0n) is 13.6. The second-order valence-electron chi connectivity index (χ2n) is 7.56. The summed E-state index contributed by atoms with van der Waals surface area (Å²) in [5.41, 5.74) is 1.15. The molecule has 0 unspecified atom stereocenters. The van der Waals surface area contributed by atoms with E-state index in [1.54, 1.807) is 6.07 Å². The van der Waals surface area contributed by atoms with Crippen molar-refractivity contribution in [2.45, 2.75) is 60.0 Å². The predicted octanol–water partition coefficient (Wildman–Crippen LogP) is 4.53. The predicted molar refractivity (Wildman–Crippen MR) is 82.6 cm³/mol. The molecule has 3 heteroatoms. The summed E-state index contributed by atoms with van der Waals surface area (Å²) < 4.78 is 19.3. The fraction of sp³-hybridized carbons (Fsp3) is 0.647. The van der Waals surface area contributed by atoms with Crippen LogP contribution in [0.4, 0.5) is 4.39 Å². The second kappa shape index (κ2) is 6.57. The normalized spacial score (nSPS) is 12.6. The molecule has 1 N–H and O–H groups in total. The van der Waals surface area contributed by atoms with Crippen molar-refractivity contribution in [1.82, 2.24) is 5.32 Å². The average Bonchev–Trinajstić information content (AvgIpc) is 2.23. The van der Waals surface area contributed by atoms with E-state index >= 15 is 0 Å². The number of ether oxygens (including phenoxy) is 1. The van der Waals surface area contributed by atoms with E-state index in [1.807, 2.05) is 6.07 Å². The third-order valence-electron chi connectivity index (χ3n) is 2.87. The van der Waals surface area contributed by atoms with Gasteiger partial charge in [-0.3, -0.25) is 0 Å². The molecule has 1 aromatic carbocycles. The van der Waals surface area contributed by atoms with Gasteiger partial charge in [0.1, 0.15) is 11.6 Å². The van der Waals surface area contributed by atoms with Gasteiger partial charge in [-0.25, -0.2) is 4.39 Å². The topological polar surface area (TPSA) is 21.3 Å². The standard InChI is InChI=1S/C17H28FNO/c1-16(2,3)7-8-20-15-10-13(9-14(18)11-15)12-19-17(4,5)6/h9-11,19H,7-8,12H2,1-6H3. The van der Waals surface area contributed by atoms with Gasteiger partial charge in [-0.15, -0.1) is 0 Å². The lowest BCUT2D eigenvalue weighted by molar-refractivity contribution is 0.242. The third-order valence-corrected chi connectivity index (χ3v) is 2.87. The van der Waals surface area contributed by atoms with Gasteiger partial charge >= 0.3 is 0 Å². The molecular weight excluding hydrogens is 253 g/mol. The van der Waals surface area contributed by atoms with E-state index < -0.39 is 0 Å². The molecule has 0 heterocycles. The molecular formula is C17H28FNO. The number of rotatable bonds is 5. The molecule has 0 aliphatic rings. The Morgan fingerprint density at radius 2 is 1.70 bits per heavy atom. The third kappa shape index (κ3) is 7.49. The van der Waals surface area contributed by atoms with Crippen molar-refractivity contribution in [3.63, 3.8) is 0 Å². The minimum absolute atomic E-state index is 0.0135. The summed E-state index contributed by atoms with van der Waals surface area (Å²) in [5, 5.41) is 3.35. The number of benzene rings is 1. The molecule has 0 aliphatic carbocycles. The Morgan fingerprint density at radius 3 is 2.25 bits per heavy atom. The van der Waals surface area contributed by atoms with Gasteiger partial charge in [0.25, 0.3) is 0 Å². The summed E-state index contributed by atoms with van der Waals surface area (Å²) in [4.78, 5) is 0. The van der Waals surface area contributed by atoms with Crippen LogP contribution in [0.15, 0.2) is 18.2 Å². The maximum Gasteiger partial charge on any atom is 0.127 e. The molecule has 20 heavy (non-hydrogen) atoms. The van der Waals surface area contributed by atoms with Crippen molar-refractivity contribution in [3.8, 4) is 5.75 Å². The first kappa shape index (κ1) is 17.0. The van der Waals surface area contributed by atoms with Crippen molar-refractivity contribution in [2.24, 2.45) is 5.41 Å². The van der Waals surface area contributed by atoms with Crippen LogP contribution in [0.3, 0.4) is 0 Å². The van der Waals surface area contributed by atoms with E-state index in [-0.39, 0.29) is 16.8 Å². The van der Waals surface area contributed by atoms with E-state index in [0.717, 1.165) is 12.0 Å². The number of halogens is 1. The molecule has 0 bridgehead atoms. The molecule has 114 valence electrons. The first-order valence-corrected chi connectivity index (χ1v) is 7.22. The summed E-state index contributed by atoms with van der Waals surface area (Å²) in [6.07, 6.45) is 0.944. The number of nitrogens with one attached hydrogen (secondary N) is 1. The Bertz CT molecular complexity index is 430. The molecule has 0 aromatic heterocycles. The van der Waals surface area contributed by atoms with Crippen LogP contribution in [0.25, 0.3) is 0 Å². The quantitative estimate of drug-likeness (QED) is 0.856. The molecule has 0 radical (unpaired) electrons. The average molecular weight is 281 g/mol. The fourth-order valence-corrected chi connectivity index (χ4v) is 1.65. The van der Waals surface area contributed by atoms with E-state index in [2.05, 4.69) is 46.9 Å². The maximum atomic E-state index is 13.6. The van der Waals surface area contributed by atoms with Crippen LogP contribution in [0.5, 0.6) is 5.75 Å². The van der Waals surface area contributed by atoms with Gasteiger partial charge in [-0.05, 0) is 50.3 Å². The van der Waals surface area contributed by atoms with Crippen LogP contribution in [0.1, 0.15) is 53.5 Å². The van der Waals surface area contributed by atoms with Gasteiger partial charge in [0.15, 0.2) is 0 Å². The zero-order chi connectivity index (χ0) is 15.4. The van der Waals surface area contributed by atoms with Gasteiger partial charge < -0.3 is 10.1 Å².